The van der Waals surface area contributed by atoms with Crippen LogP contribution in [0.25, 0.3) is 0 Å². The van der Waals surface area contributed by atoms with E-state index in [0.717, 1.165) is 44.1 Å². The predicted octanol–water partition coefficient (Wildman–Crippen LogP) is 3.14. The van der Waals surface area contributed by atoms with E-state index in [2.05, 4.69) is 33.5 Å². The fourth-order valence-electron chi connectivity index (χ4n) is 3.00. The van der Waals surface area contributed by atoms with Crippen molar-refractivity contribution in [1.82, 2.24) is 9.80 Å². The zero-order chi connectivity index (χ0) is 18.4. The summed E-state index contributed by atoms with van der Waals surface area (Å²) in [6.45, 7) is 5.44. The lowest BCUT2D eigenvalue weighted by Gasteiger charge is -2.32. The maximum Gasteiger partial charge on any atom is 0.243 e. The van der Waals surface area contributed by atoms with Gasteiger partial charge in [0, 0.05) is 38.4 Å². The van der Waals surface area contributed by atoms with Gasteiger partial charge >= 0.3 is 0 Å². The number of likely N-dealkylation sites (N-methyl/N-ethyl adjacent to an activating group) is 1. The molecule has 2 aromatic rings. The van der Waals surface area contributed by atoms with Crippen molar-refractivity contribution in [1.29, 1.82) is 0 Å². The molecule has 1 heterocycles. The second-order valence-electron chi connectivity index (χ2n) is 6.66. The molecule has 1 aliphatic rings. The van der Waals surface area contributed by atoms with Crippen LogP contribution >= 0.6 is 11.6 Å². The van der Waals surface area contributed by atoms with Crippen LogP contribution in [0.5, 0.6) is 0 Å². The van der Waals surface area contributed by atoms with E-state index in [0.29, 0.717) is 5.02 Å². The van der Waals surface area contributed by atoms with Crippen LogP contribution in [0.1, 0.15) is 5.56 Å². The Morgan fingerprint density at radius 1 is 1.08 bits per heavy atom. The molecule has 3 rings (SSSR count). The van der Waals surface area contributed by atoms with Gasteiger partial charge in [-0.1, -0.05) is 35.9 Å². The number of hydrogen-bond donors (Lipinski definition) is 2. The number of nitrogens with zero attached hydrogens (tertiary/aromatic N) is 2. The number of halogens is 1. The van der Waals surface area contributed by atoms with Crippen molar-refractivity contribution in [3.63, 3.8) is 0 Å². The third-order valence-electron chi connectivity index (χ3n) is 4.53. The maximum absolute atomic E-state index is 12.2. The van der Waals surface area contributed by atoms with Crippen LogP contribution in [0.2, 0.25) is 5.02 Å². The zero-order valence-electron chi connectivity index (χ0n) is 15.0. The van der Waals surface area contributed by atoms with Crippen molar-refractivity contribution in [3.05, 3.63) is 59.1 Å². The lowest BCUT2D eigenvalue weighted by Crippen LogP contribution is -2.43. The average molecular weight is 373 g/mol. The van der Waals surface area contributed by atoms with Crippen molar-refractivity contribution < 1.29 is 4.79 Å². The second kappa shape index (κ2) is 9.03. The Morgan fingerprint density at radius 2 is 1.85 bits per heavy atom. The largest absolute Gasteiger partial charge is 0.375 e. The maximum atomic E-state index is 12.2. The lowest BCUT2D eigenvalue weighted by molar-refractivity contribution is -0.114. The number of carbonyl (C=O) groups excluding carboxylic acids is 1. The minimum absolute atomic E-state index is 0.0957. The van der Waals surface area contributed by atoms with Gasteiger partial charge in [0.2, 0.25) is 5.91 Å². The van der Waals surface area contributed by atoms with E-state index in [1.54, 1.807) is 6.07 Å². The van der Waals surface area contributed by atoms with Crippen LogP contribution in [0.3, 0.4) is 0 Å². The Hall–Kier alpha value is -2.08. The molecule has 0 spiro atoms. The molecule has 0 radical (unpaired) electrons. The number of benzene rings is 2. The Balaban J connectivity index is 1.51. The number of anilines is 2. The zero-order valence-corrected chi connectivity index (χ0v) is 15.8. The van der Waals surface area contributed by atoms with Crippen molar-refractivity contribution in [2.45, 2.75) is 6.54 Å². The Kier molecular flexibility index (Phi) is 6.50. The summed E-state index contributed by atoms with van der Waals surface area (Å²) in [6, 6.07) is 15.5. The molecule has 26 heavy (non-hydrogen) atoms. The van der Waals surface area contributed by atoms with Gasteiger partial charge in [-0.15, -0.1) is 0 Å². The van der Waals surface area contributed by atoms with Gasteiger partial charge in [-0.05, 0) is 36.9 Å². The summed E-state index contributed by atoms with van der Waals surface area (Å²) in [5.41, 5.74) is 2.79. The Morgan fingerprint density at radius 3 is 2.62 bits per heavy atom. The molecule has 138 valence electrons. The molecule has 0 saturated carbocycles. The second-order valence-corrected chi connectivity index (χ2v) is 7.07. The van der Waals surface area contributed by atoms with E-state index in [9.17, 15) is 4.79 Å². The number of carbonyl (C=O) groups is 1. The molecule has 0 unspecified atom stereocenters. The summed E-state index contributed by atoms with van der Waals surface area (Å²) < 4.78 is 0. The molecular formula is C20H25ClN4O. The topological polar surface area (TPSA) is 47.6 Å². The van der Waals surface area contributed by atoms with E-state index in [1.165, 1.54) is 5.56 Å². The third-order valence-corrected chi connectivity index (χ3v) is 4.86. The standard InChI is InChI=1S/C20H25ClN4O/c1-24-9-11-25(12-10-24)15-16-5-4-6-17(13-16)23-20(26)14-22-19-8-3-2-7-18(19)21/h2-8,13,22H,9-12,14-15H2,1H3,(H,23,26). The first-order valence-electron chi connectivity index (χ1n) is 8.88. The molecule has 2 aromatic carbocycles. The highest BCUT2D eigenvalue weighted by molar-refractivity contribution is 6.33. The molecule has 0 bridgehead atoms. The number of rotatable bonds is 6. The molecule has 6 heteroatoms. The van der Waals surface area contributed by atoms with Gasteiger partial charge in [-0.25, -0.2) is 0 Å². The monoisotopic (exact) mass is 372 g/mol. The Labute approximate surface area is 159 Å². The van der Waals surface area contributed by atoms with Gasteiger partial charge in [0.1, 0.15) is 0 Å². The number of para-hydroxylation sites is 1. The van der Waals surface area contributed by atoms with Crippen LogP contribution in [0.15, 0.2) is 48.5 Å². The molecule has 1 aliphatic heterocycles. The van der Waals surface area contributed by atoms with Crippen LogP contribution < -0.4 is 10.6 Å². The van der Waals surface area contributed by atoms with Crippen molar-refractivity contribution in [2.75, 3.05) is 50.4 Å². The minimum Gasteiger partial charge on any atom is -0.375 e. The van der Waals surface area contributed by atoms with Gasteiger partial charge in [-0.2, -0.15) is 0 Å². The van der Waals surface area contributed by atoms with Gasteiger partial charge in [0.25, 0.3) is 0 Å². The summed E-state index contributed by atoms with van der Waals surface area (Å²) in [5, 5.41) is 6.61. The van der Waals surface area contributed by atoms with E-state index in [-0.39, 0.29) is 12.5 Å². The molecule has 1 amide bonds. The molecule has 5 nitrogen and oxygen atoms in total. The van der Waals surface area contributed by atoms with Gasteiger partial charge in [0.15, 0.2) is 0 Å². The highest BCUT2D eigenvalue weighted by atomic mass is 35.5. The quantitative estimate of drug-likeness (QED) is 0.817. The Bertz CT molecular complexity index is 744. The van der Waals surface area contributed by atoms with Gasteiger partial charge in [0.05, 0.1) is 17.3 Å². The first kappa shape index (κ1) is 18.7. The van der Waals surface area contributed by atoms with Crippen molar-refractivity contribution >= 4 is 28.9 Å². The smallest absolute Gasteiger partial charge is 0.243 e. The number of piperazine rings is 1. The van der Waals surface area contributed by atoms with Crippen LogP contribution in [-0.4, -0.2) is 55.5 Å². The summed E-state index contributed by atoms with van der Waals surface area (Å²) in [7, 11) is 2.16. The van der Waals surface area contributed by atoms with Crippen molar-refractivity contribution in [2.24, 2.45) is 0 Å². The molecule has 1 fully saturated rings. The summed E-state index contributed by atoms with van der Waals surface area (Å²) >= 11 is 6.09. The van der Waals surface area contributed by atoms with E-state index in [1.807, 2.05) is 36.4 Å². The normalized spacial score (nSPS) is 15.6. The average Bonchev–Trinajstić information content (AvgIpc) is 2.63. The molecule has 0 atom stereocenters. The predicted molar refractivity (Wildman–Crippen MR) is 108 cm³/mol. The third kappa shape index (κ3) is 5.46. The molecule has 2 N–H and O–H groups in total. The van der Waals surface area contributed by atoms with E-state index >= 15 is 0 Å². The fraction of sp³-hybridized carbons (Fsp3) is 0.350. The van der Waals surface area contributed by atoms with E-state index < -0.39 is 0 Å². The highest BCUT2D eigenvalue weighted by Gasteiger charge is 2.14. The number of amides is 1. The number of nitrogens with one attached hydrogen (secondary N) is 2. The van der Waals surface area contributed by atoms with Gasteiger partial charge in [-0.3, -0.25) is 9.69 Å². The molecule has 1 saturated heterocycles. The summed E-state index contributed by atoms with van der Waals surface area (Å²) in [4.78, 5) is 17.0. The SMILES string of the molecule is CN1CCN(Cc2cccc(NC(=O)CNc3ccccc3Cl)c2)CC1. The fourth-order valence-corrected chi connectivity index (χ4v) is 3.20. The highest BCUT2D eigenvalue weighted by Crippen LogP contribution is 2.20. The van der Waals surface area contributed by atoms with Crippen molar-refractivity contribution in [3.8, 4) is 0 Å². The molecule has 0 aliphatic carbocycles. The molecule has 0 aromatic heterocycles. The summed E-state index contributed by atoms with van der Waals surface area (Å²) in [5.74, 6) is -0.0957. The minimum atomic E-state index is -0.0957. The molecular weight excluding hydrogens is 348 g/mol. The first-order valence-corrected chi connectivity index (χ1v) is 9.26. The lowest BCUT2D eigenvalue weighted by atomic mass is 10.1. The van der Waals surface area contributed by atoms with Crippen LogP contribution in [0.4, 0.5) is 11.4 Å². The van der Waals surface area contributed by atoms with Gasteiger partial charge < -0.3 is 15.5 Å². The van der Waals surface area contributed by atoms with Crippen LogP contribution in [-0.2, 0) is 11.3 Å². The first-order chi connectivity index (χ1) is 12.6. The van der Waals surface area contributed by atoms with Crippen LogP contribution in [0, 0.1) is 0 Å². The van der Waals surface area contributed by atoms with E-state index in [4.69, 9.17) is 11.6 Å². The summed E-state index contributed by atoms with van der Waals surface area (Å²) in [6.07, 6.45) is 0. The number of hydrogen-bond acceptors (Lipinski definition) is 4.